The van der Waals surface area contributed by atoms with Crippen molar-refractivity contribution in [1.29, 1.82) is 0 Å². The number of anilines is 1. The van der Waals surface area contributed by atoms with Crippen molar-refractivity contribution in [3.8, 4) is 0 Å². The Bertz CT molecular complexity index is 557. The quantitative estimate of drug-likeness (QED) is 0.466. The maximum absolute atomic E-state index is 11.9. The Balaban J connectivity index is 1.71. The summed E-state index contributed by atoms with van der Waals surface area (Å²) in [6, 6.07) is 8.37. The minimum absolute atomic E-state index is 0.0808. The van der Waals surface area contributed by atoms with E-state index in [1.807, 2.05) is 0 Å². The fraction of sp³-hybridized carbons (Fsp3) is 0.556. The lowest BCUT2D eigenvalue weighted by Crippen LogP contribution is -3.15. The van der Waals surface area contributed by atoms with Crippen molar-refractivity contribution in [2.45, 2.75) is 13.3 Å². The summed E-state index contributed by atoms with van der Waals surface area (Å²) in [4.78, 5) is 15.3. The Labute approximate surface area is 155 Å². The summed E-state index contributed by atoms with van der Waals surface area (Å²) in [6.45, 7) is 7.32. The number of quaternary nitrogens is 1. The van der Waals surface area contributed by atoms with Gasteiger partial charge in [0.25, 0.3) is 5.91 Å². The molecule has 1 aromatic carbocycles. The summed E-state index contributed by atoms with van der Waals surface area (Å²) in [5.74, 6) is 0.0808. The van der Waals surface area contributed by atoms with Gasteiger partial charge in [0, 0.05) is 19.3 Å². The molecule has 1 aliphatic heterocycles. The minimum atomic E-state index is 0.0808. The zero-order chi connectivity index (χ0) is 18.1. The van der Waals surface area contributed by atoms with Crippen LogP contribution in [0.1, 0.15) is 12.5 Å². The van der Waals surface area contributed by atoms with E-state index in [0.717, 1.165) is 43.4 Å². The molecule has 1 aromatic rings. The summed E-state index contributed by atoms with van der Waals surface area (Å²) >= 11 is 5.53. The molecule has 0 bridgehead atoms. The number of hydrogen-bond donors (Lipinski definition) is 3. The number of nitrogens with one attached hydrogen (secondary N) is 3. The van der Waals surface area contributed by atoms with E-state index < -0.39 is 0 Å². The van der Waals surface area contributed by atoms with Crippen molar-refractivity contribution in [2.24, 2.45) is 0 Å². The fourth-order valence-corrected chi connectivity index (χ4v) is 3.11. The predicted molar refractivity (Wildman–Crippen MR) is 104 cm³/mol. The number of amides is 1. The van der Waals surface area contributed by atoms with Crippen molar-refractivity contribution in [2.75, 3.05) is 58.3 Å². The summed E-state index contributed by atoms with van der Waals surface area (Å²) < 4.78 is 4.93. The molecule has 0 spiro atoms. The third kappa shape index (κ3) is 6.61. The van der Waals surface area contributed by atoms with Crippen molar-refractivity contribution in [3.05, 3.63) is 29.8 Å². The smallest absolute Gasteiger partial charge is 0.275 e. The Hall–Kier alpha value is -1.70. The summed E-state index contributed by atoms with van der Waals surface area (Å²) in [5, 5.41) is 6.94. The van der Waals surface area contributed by atoms with Gasteiger partial charge in [0.05, 0.1) is 32.8 Å². The second-order valence-corrected chi connectivity index (χ2v) is 6.62. The Morgan fingerprint density at radius 3 is 2.56 bits per heavy atom. The molecule has 0 aromatic heterocycles. The highest BCUT2D eigenvalue weighted by atomic mass is 32.1. The summed E-state index contributed by atoms with van der Waals surface area (Å²) in [7, 11) is 1.63. The van der Waals surface area contributed by atoms with Gasteiger partial charge in [0.15, 0.2) is 11.7 Å². The highest BCUT2D eigenvalue weighted by molar-refractivity contribution is 7.80. The van der Waals surface area contributed by atoms with Gasteiger partial charge in [-0.25, -0.2) is 0 Å². The molecular weight excluding hydrogens is 336 g/mol. The van der Waals surface area contributed by atoms with E-state index >= 15 is 0 Å². The number of hydrogen-bond acceptors (Lipinski definition) is 3. The number of carbonyl (C=O) groups is 1. The standard InChI is InChI=1S/C18H28N4O2S/c1-3-15-4-6-16(7-5-15)20-18(25)22-11-9-21(10-12-22)14-17(23)19-8-13-24-2/h4-7H,3,8-14H2,1-2H3,(H,19,23)(H,20,25)/p+1. The number of rotatable bonds is 7. The van der Waals surface area contributed by atoms with Crippen LogP contribution < -0.4 is 15.5 Å². The number of piperazine rings is 1. The third-order valence-electron chi connectivity index (χ3n) is 4.41. The van der Waals surface area contributed by atoms with E-state index in [4.69, 9.17) is 17.0 Å². The molecule has 138 valence electrons. The third-order valence-corrected chi connectivity index (χ3v) is 4.77. The molecule has 1 heterocycles. The molecule has 1 aliphatic rings. The summed E-state index contributed by atoms with van der Waals surface area (Å²) in [5.41, 5.74) is 2.34. The van der Waals surface area contributed by atoms with Gasteiger partial charge in [-0.3, -0.25) is 4.79 Å². The maximum Gasteiger partial charge on any atom is 0.275 e. The van der Waals surface area contributed by atoms with E-state index in [-0.39, 0.29) is 5.91 Å². The van der Waals surface area contributed by atoms with Crippen molar-refractivity contribution in [3.63, 3.8) is 0 Å². The van der Waals surface area contributed by atoms with E-state index in [1.54, 1.807) is 7.11 Å². The average molecular weight is 366 g/mol. The van der Waals surface area contributed by atoms with Crippen LogP contribution in [0.3, 0.4) is 0 Å². The number of benzene rings is 1. The maximum atomic E-state index is 11.9. The lowest BCUT2D eigenvalue weighted by atomic mass is 10.1. The molecule has 6 nitrogen and oxygen atoms in total. The van der Waals surface area contributed by atoms with Gasteiger partial charge in [-0.05, 0) is 36.3 Å². The van der Waals surface area contributed by atoms with Crippen molar-refractivity contribution in [1.82, 2.24) is 10.2 Å². The number of carbonyl (C=O) groups excluding carboxylic acids is 1. The van der Waals surface area contributed by atoms with Gasteiger partial charge in [-0.2, -0.15) is 0 Å². The monoisotopic (exact) mass is 365 g/mol. The zero-order valence-electron chi connectivity index (χ0n) is 15.1. The number of ether oxygens (including phenoxy) is 1. The SMILES string of the molecule is CCc1ccc(NC(=S)N2CC[NH+](CC(=O)NCCOC)CC2)cc1. The van der Waals surface area contributed by atoms with Gasteiger partial charge < -0.3 is 25.2 Å². The van der Waals surface area contributed by atoms with Crippen LogP contribution >= 0.6 is 12.2 Å². The molecule has 3 N–H and O–H groups in total. The lowest BCUT2D eigenvalue weighted by Gasteiger charge is -2.33. The molecule has 7 heteroatoms. The van der Waals surface area contributed by atoms with E-state index in [9.17, 15) is 4.79 Å². The Morgan fingerprint density at radius 1 is 1.28 bits per heavy atom. The van der Waals surface area contributed by atoms with Crippen LogP contribution in [0, 0.1) is 0 Å². The van der Waals surface area contributed by atoms with Gasteiger partial charge in [0.1, 0.15) is 0 Å². The Morgan fingerprint density at radius 2 is 1.96 bits per heavy atom. The largest absolute Gasteiger partial charge is 0.383 e. The van der Waals surface area contributed by atoms with Crippen LogP contribution in [0.25, 0.3) is 0 Å². The second-order valence-electron chi connectivity index (χ2n) is 6.24. The number of thiocarbonyl (C=S) groups is 1. The van der Waals surface area contributed by atoms with Gasteiger partial charge in [-0.15, -0.1) is 0 Å². The van der Waals surface area contributed by atoms with E-state index in [0.29, 0.717) is 19.7 Å². The topological polar surface area (TPSA) is 58.0 Å². The van der Waals surface area contributed by atoms with Gasteiger partial charge in [-0.1, -0.05) is 19.1 Å². The molecule has 2 rings (SSSR count). The molecule has 0 unspecified atom stereocenters. The van der Waals surface area contributed by atoms with E-state index in [2.05, 4.69) is 46.7 Å². The summed E-state index contributed by atoms with van der Waals surface area (Å²) in [6.07, 6.45) is 1.04. The fourth-order valence-electron chi connectivity index (χ4n) is 2.81. The van der Waals surface area contributed by atoms with Crippen molar-refractivity contribution >= 4 is 28.9 Å². The van der Waals surface area contributed by atoms with Gasteiger partial charge >= 0.3 is 0 Å². The first-order chi connectivity index (χ1) is 12.1. The van der Waals surface area contributed by atoms with Crippen LogP contribution in [0.4, 0.5) is 5.69 Å². The van der Waals surface area contributed by atoms with Crippen LogP contribution in [-0.2, 0) is 16.0 Å². The molecule has 0 atom stereocenters. The molecule has 0 aliphatic carbocycles. The first-order valence-corrected chi connectivity index (χ1v) is 9.27. The lowest BCUT2D eigenvalue weighted by molar-refractivity contribution is -0.895. The highest BCUT2D eigenvalue weighted by Gasteiger charge is 2.23. The molecule has 0 radical (unpaired) electrons. The van der Waals surface area contributed by atoms with Crippen LogP contribution in [0.5, 0.6) is 0 Å². The number of aryl methyl sites for hydroxylation is 1. The second kappa shape index (κ2) is 10.3. The highest BCUT2D eigenvalue weighted by Crippen LogP contribution is 2.11. The molecular formula is C18H29N4O2S+. The average Bonchev–Trinajstić information content (AvgIpc) is 2.63. The first kappa shape index (κ1) is 19.6. The van der Waals surface area contributed by atoms with Crippen LogP contribution in [0.15, 0.2) is 24.3 Å². The van der Waals surface area contributed by atoms with E-state index in [1.165, 1.54) is 10.5 Å². The molecule has 1 amide bonds. The molecule has 1 fully saturated rings. The molecule has 25 heavy (non-hydrogen) atoms. The first-order valence-electron chi connectivity index (χ1n) is 8.86. The normalized spacial score (nSPS) is 15.0. The van der Waals surface area contributed by atoms with Crippen LogP contribution in [-0.4, -0.2) is 68.9 Å². The van der Waals surface area contributed by atoms with Gasteiger partial charge in [0.2, 0.25) is 0 Å². The zero-order valence-corrected chi connectivity index (χ0v) is 16.0. The minimum Gasteiger partial charge on any atom is -0.383 e. The number of nitrogens with zero attached hydrogens (tertiary/aromatic N) is 1. The van der Waals surface area contributed by atoms with Crippen LogP contribution in [0.2, 0.25) is 0 Å². The molecule has 0 saturated carbocycles. The molecule has 1 saturated heterocycles. The number of methoxy groups -OCH3 is 1. The van der Waals surface area contributed by atoms with Crippen molar-refractivity contribution < 1.29 is 14.4 Å². The predicted octanol–water partition coefficient (Wildman–Crippen LogP) is -0.0911. The Kier molecular flexibility index (Phi) is 8.11.